The minimum absolute atomic E-state index is 0.0183. The molecule has 0 radical (unpaired) electrons. The first-order chi connectivity index (χ1) is 8.49. The van der Waals surface area contributed by atoms with E-state index in [2.05, 4.69) is 0 Å². The van der Waals surface area contributed by atoms with Gasteiger partial charge in [-0.05, 0) is 41.5 Å². The number of anilines is 1. The van der Waals surface area contributed by atoms with Gasteiger partial charge in [-0.15, -0.1) is 0 Å². The predicted molar refractivity (Wildman–Crippen MR) is 63.2 cm³/mol. The van der Waals surface area contributed by atoms with Gasteiger partial charge in [0.25, 0.3) is 0 Å². The first kappa shape index (κ1) is 12.0. The molecular weight excluding hydrogens is 240 g/mol. The number of carbonyl (C=O) groups is 1. The molecule has 0 spiro atoms. The number of carboxylic acids is 1. The van der Waals surface area contributed by atoms with Gasteiger partial charge in [-0.25, -0.2) is 13.6 Å². The Labute approximate surface area is 101 Å². The molecule has 0 amide bonds. The summed E-state index contributed by atoms with van der Waals surface area (Å²) >= 11 is 0. The number of hydrogen-bond donors (Lipinski definition) is 2. The summed E-state index contributed by atoms with van der Waals surface area (Å²) in [6.07, 6.45) is 0. The van der Waals surface area contributed by atoms with Gasteiger partial charge in [0.2, 0.25) is 0 Å². The molecule has 0 aliphatic rings. The van der Waals surface area contributed by atoms with Gasteiger partial charge in [0.15, 0.2) is 11.6 Å². The van der Waals surface area contributed by atoms with Gasteiger partial charge in [-0.3, -0.25) is 0 Å². The van der Waals surface area contributed by atoms with E-state index in [-0.39, 0.29) is 16.7 Å². The lowest BCUT2D eigenvalue weighted by Gasteiger charge is -2.08. The zero-order valence-corrected chi connectivity index (χ0v) is 9.15. The second-order valence-corrected chi connectivity index (χ2v) is 3.74. The zero-order chi connectivity index (χ0) is 13.3. The van der Waals surface area contributed by atoms with Crippen LogP contribution in [-0.2, 0) is 0 Å². The van der Waals surface area contributed by atoms with Crippen molar-refractivity contribution in [1.82, 2.24) is 0 Å². The molecule has 0 aliphatic carbocycles. The number of benzene rings is 2. The predicted octanol–water partition coefficient (Wildman–Crippen LogP) is 2.91. The topological polar surface area (TPSA) is 63.3 Å². The number of aromatic carboxylic acids is 1. The number of halogens is 2. The van der Waals surface area contributed by atoms with E-state index in [1.54, 1.807) is 0 Å². The smallest absolute Gasteiger partial charge is 0.336 e. The molecule has 0 saturated carbocycles. The molecule has 2 aromatic carbocycles. The average molecular weight is 249 g/mol. The Bertz CT molecular complexity index is 626. The highest BCUT2D eigenvalue weighted by Gasteiger charge is 2.13. The van der Waals surface area contributed by atoms with Gasteiger partial charge < -0.3 is 10.8 Å². The van der Waals surface area contributed by atoms with Crippen LogP contribution in [0.15, 0.2) is 36.4 Å². The van der Waals surface area contributed by atoms with Gasteiger partial charge in [0, 0.05) is 5.69 Å². The number of nitrogens with two attached hydrogens (primary N) is 1. The molecule has 0 unspecified atom stereocenters. The van der Waals surface area contributed by atoms with Crippen LogP contribution in [0.25, 0.3) is 11.1 Å². The fourth-order valence-corrected chi connectivity index (χ4v) is 1.65. The van der Waals surface area contributed by atoms with Crippen molar-refractivity contribution in [3.8, 4) is 11.1 Å². The summed E-state index contributed by atoms with van der Waals surface area (Å²) in [5.74, 6) is -3.18. The quantitative estimate of drug-likeness (QED) is 0.804. The van der Waals surface area contributed by atoms with Gasteiger partial charge in [0.1, 0.15) is 0 Å². The van der Waals surface area contributed by atoms with Crippen LogP contribution < -0.4 is 5.73 Å². The van der Waals surface area contributed by atoms with Gasteiger partial charge >= 0.3 is 5.97 Å². The Morgan fingerprint density at radius 1 is 1.06 bits per heavy atom. The van der Waals surface area contributed by atoms with Crippen LogP contribution in [0.3, 0.4) is 0 Å². The van der Waals surface area contributed by atoms with Crippen molar-refractivity contribution >= 4 is 11.7 Å². The molecule has 0 aliphatic heterocycles. The Hall–Kier alpha value is -2.43. The minimum Gasteiger partial charge on any atom is -0.478 e. The molecule has 0 saturated heterocycles. The Morgan fingerprint density at radius 3 is 2.39 bits per heavy atom. The third-order valence-electron chi connectivity index (χ3n) is 2.50. The molecule has 3 N–H and O–H groups in total. The maximum absolute atomic E-state index is 13.1. The minimum atomic E-state index is -1.16. The van der Waals surface area contributed by atoms with Gasteiger partial charge in [-0.1, -0.05) is 6.07 Å². The first-order valence-corrected chi connectivity index (χ1v) is 5.07. The molecule has 92 valence electrons. The molecule has 0 atom stereocenters. The molecular formula is C13H9F2NO2. The van der Waals surface area contributed by atoms with Crippen LogP contribution in [0.5, 0.6) is 0 Å². The summed E-state index contributed by atoms with van der Waals surface area (Å²) in [5.41, 5.74) is 6.41. The third kappa shape index (κ3) is 2.15. The number of hydrogen-bond acceptors (Lipinski definition) is 2. The van der Waals surface area contributed by atoms with E-state index in [0.717, 1.165) is 12.1 Å². The van der Waals surface area contributed by atoms with E-state index in [9.17, 15) is 13.6 Å². The number of rotatable bonds is 2. The Kier molecular flexibility index (Phi) is 2.97. The molecule has 2 rings (SSSR count). The van der Waals surface area contributed by atoms with E-state index in [0.29, 0.717) is 5.69 Å². The zero-order valence-electron chi connectivity index (χ0n) is 9.15. The maximum Gasteiger partial charge on any atom is 0.336 e. The highest BCUT2D eigenvalue weighted by atomic mass is 19.2. The van der Waals surface area contributed by atoms with Gasteiger partial charge in [0.05, 0.1) is 5.56 Å². The summed E-state index contributed by atoms with van der Waals surface area (Å²) in [4.78, 5) is 11.0. The van der Waals surface area contributed by atoms with Crippen molar-refractivity contribution in [3.63, 3.8) is 0 Å². The number of carboxylic acid groups (broad SMARTS) is 1. The second-order valence-electron chi connectivity index (χ2n) is 3.74. The summed E-state index contributed by atoms with van der Waals surface area (Å²) in [6, 6.07) is 7.37. The lowest BCUT2D eigenvalue weighted by atomic mass is 9.99. The lowest BCUT2D eigenvalue weighted by Crippen LogP contribution is -2.01. The van der Waals surface area contributed by atoms with E-state index in [1.807, 2.05) is 0 Å². The molecule has 18 heavy (non-hydrogen) atoms. The fourth-order valence-electron chi connectivity index (χ4n) is 1.65. The van der Waals surface area contributed by atoms with E-state index in [4.69, 9.17) is 10.8 Å². The van der Waals surface area contributed by atoms with Crippen molar-refractivity contribution in [2.24, 2.45) is 0 Å². The summed E-state index contributed by atoms with van der Waals surface area (Å²) in [5, 5.41) is 9.03. The molecule has 3 nitrogen and oxygen atoms in total. The fraction of sp³-hybridized carbons (Fsp3) is 0. The normalized spacial score (nSPS) is 10.3. The Balaban J connectivity index is 2.65. The third-order valence-corrected chi connectivity index (χ3v) is 2.50. The largest absolute Gasteiger partial charge is 0.478 e. The van der Waals surface area contributed by atoms with Crippen LogP contribution in [0, 0.1) is 11.6 Å². The van der Waals surface area contributed by atoms with Crippen molar-refractivity contribution in [2.45, 2.75) is 0 Å². The average Bonchev–Trinajstić information content (AvgIpc) is 2.32. The van der Waals surface area contributed by atoms with Crippen molar-refractivity contribution in [1.29, 1.82) is 0 Å². The van der Waals surface area contributed by atoms with Crippen LogP contribution in [0.1, 0.15) is 10.4 Å². The van der Waals surface area contributed by atoms with E-state index >= 15 is 0 Å². The summed E-state index contributed by atoms with van der Waals surface area (Å²) in [7, 11) is 0. The summed E-state index contributed by atoms with van der Waals surface area (Å²) < 4.78 is 26.0. The van der Waals surface area contributed by atoms with Crippen LogP contribution in [-0.4, -0.2) is 11.1 Å². The van der Waals surface area contributed by atoms with Crippen LogP contribution in [0.4, 0.5) is 14.5 Å². The molecule has 0 aromatic heterocycles. The number of nitrogen functional groups attached to an aromatic ring is 1. The maximum atomic E-state index is 13.1. The van der Waals surface area contributed by atoms with Crippen LogP contribution in [0.2, 0.25) is 0 Å². The monoisotopic (exact) mass is 249 g/mol. The van der Waals surface area contributed by atoms with Crippen molar-refractivity contribution in [2.75, 3.05) is 5.73 Å². The molecule has 5 heteroatoms. The van der Waals surface area contributed by atoms with Crippen LogP contribution >= 0.6 is 0 Å². The lowest BCUT2D eigenvalue weighted by molar-refractivity contribution is 0.0698. The molecule has 0 heterocycles. The van der Waals surface area contributed by atoms with Crippen molar-refractivity contribution in [3.05, 3.63) is 53.6 Å². The second kappa shape index (κ2) is 4.44. The highest BCUT2D eigenvalue weighted by Crippen LogP contribution is 2.27. The van der Waals surface area contributed by atoms with Crippen molar-refractivity contribution < 1.29 is 18.7 Å². The highest BCUT2D eigenvalue weighted by molar-refractivity contribution is 5.96. The molecule has 0 fully saturated rings. The molecule has 0 bridgehead atoms. The standard InChI is InChI=1S/C13H9F2NO2/c14-11-4-1-7(5-12(11)15)10-6-8(16)2-3-9(10)13(17)18/h1-6H,16H2,(H,17,18). The first-order valence-electron chi connectivity index (χ1n) is 5.07. The van der Waals surface area contributed by atoms with E-state index < -0.39 is 17.6 Å². The van der Waals surface area contributed by atoms with E-state index in [1.165, 1.54) is 24.3 Å². The Morgan fingerprint density at radius 2 is 1.78 bits per heavy atom. The summed E-state index contributed by atoms with van der Waals surface area (Å²) in [6.45, 7) is 0. The van der Waals surface area contributed by atoms with Gasteiger partial charge in [-0.2, -0.15) is 0 Å². The molecule has 2 aromatic rings. The SMILES string of the molecule is Nc1ccc(C(=O)O)c(-c2ccc(F)c(F)c2)c1.